The van der Waals surface area contributed by atoms with Gasteiger partial charge >= 0.3 is 0 Å². The van der Waals surface area contributed by atoms with E-state index in [1.807, 2.05) is 6.07 Å². The molecule has 0 bridgehead atoms. The third-order valence-corrected chi connectivity index (χ3v) is 3.33. The van der Waals surface area contributed by atoms with Gasteiger partial charge in [0.25, 0.3) is 0 Å². The summed E-state index contributed by atoms with van der Waals surface area (Å²) >= 11 is 1.62. The first-order chi connectivity index (χ1) is 8.11. The summed E-state index contributed by atoms with van der Waals surface area (Å²) in [6.07, 6.45) is 0. The molecule has 0 radical (unpaired) electrons. The number of nitrogens with zero attached hydrogens (tertiary/aromatic N) is 1. The molecule has 0 heterocycles. The second kappa shape index (κ2) is 6.97. The van der Waals surface area contributed by atoms with Crippen molar-refractivity contribution < 1.29 is 4.79 Å². The first-order valence-corrected chi connectivity index (χ1v) is 6.65. The number of carbonyl (C=O) groups excluding carboxylic acids is 1. The summed E-state index contributed by atoms with van der Waals surface area (Å²) in [7, 11) is 0. The van der Waals surface area contributed by atoms with Crippen LogP contribution in [0.4, 0.5) is 5.69 Å². The maximum Gasteiger partial charge on any atom is 0.234 e. The fourth-order valence-corrected chi connectivity index (χ4v) is 2.10. The SMILES string of the molecule is CC(C)CSCC(=O)Nc1cccc(C#N)c1. The number of amides is 1. The highest BCUT2D eigenvalue weighted by molar-refractivity contribution is 7.99. The predicted molar refractivity (Wildman–Crippen MR) is 71.9 cm³/mol. The Morgan fingerprint density at radius 3 is 2.94 bits per heavy atom. The molecule has 3 nitrogen and oxygen atoms in total. The Balaban J connectivity index is 2.43. The van der Waals surface area contributed by atoms with Crippen molar-refractivity contribution in [2.24, 2.45) is 5.92 Å². The van der Waals surface area contributed by atoms with Gasteiger partial charge in [0.2, 0.25) is 5.91 Å². The number of carbonyl (C=O) groups is 1. The first-order valence-electron chi connectivity index (χ1n) is 5.49. The van der Waals surface area contributed by atoms with Crippen LogP contribution in [0.15, 0.2) is 24.3 Å². The van der Waals surface area contributed by atoms with Crippen molar-refractivity contribution in [2.75, 3.05) is 16.8 Å². The standard InChI is InChI=1S/C13H16N2OS/c1-10(2)8-17-9-13(16)15-12-5-3-4-11(6-12)7-14/h3-6,10H,8-9H2,1-2H3,(H,15,16). The van der Waals surface area contributed by atoms with Gasteiger partial charge in [-0.15, -0.1) is 0 Å². The molecule has 1 N–H and O–H groups in total. The highest BCUT2D eigenvalue weighted by Crippen LogP contribution is 2.12. The Labute approximate surface area is 106 Å². The van der Waals surface area contributed by atoms with E-state index in [0.29, 0.717) is 22.9 Å². The van der Waals surface area contributed by atoms with E-state index in [2.05, 4.69) is 19.2 Å². The van der Waals surface area contributed by atoms with Crippen LogP contribution < -0.4 is 5.32 Å². The van der Waals surface area contributed by atoms with Crippen LogP contribution in [0.3, 0.4) is 0 Å². The minimum atomic E-state index is -0.0225. The van der Waals surface area contributed by atoms with Crippen molar-refractivity contribution in [2.45, 2.75) is 13.8 Å². The Morgan fingerprint density at radius 1 is 1.53 bits per heavy atom. The third kappa shape index (κ3) is 5.41. The summed E-state index contributed by atoms with van der Waals surface area (Å²) in [5, 5.41) is 11.5. The molecule has 0 aliphatic carbocycles. The molecule has 0 atom stereocenters. The molecule has 17 heavy (non-hydrogen) atoms. The third-order valence-electron chi connectivity index (χ3n) is 1.96. The Morgan fingerprint density at radius 2 is 2.29 bits per heavy atom. The predicted octanol–water partition coefficient (Wildman–Crippen LogP) is 2.89. The normalized spacial score (nSPS) is 10.0. The summed E-state index contributed by atoms with van der Waals surface area (Å²) in [6, 6.07) is 8.97. The van der Waals surface area contributed by atoms with Gasteiger partial charge in [-0.3, -0.25) is 4.79 Å². The zero-order valence-electron chi connectivity index (χ0n) is 10.1. The van der Waals surface area contributed by atoms with E-state index >= 15 is 0 Å². The molecular formula is C13H16N2OS. The average Bonchev–Trinajstić information content (AvgIpc) is 2.28. The topological polar surface area (TPSA) is 52.9 Å². The van der Waals surface area contributed by atoms with E-state index < -0.39 is 0 Å². The van der Waals surface area contributed by atoms with E-state index in [1.54, 1.807) is 36.0 Å². The lowest BCUT2D eigenvalue weighted by atomic mass is 10.2. The van der Waals surface area contributed by atoms with Crippen LogP contribution in [0.1, 0.15) is 19.4 Å². The molecule has 0 aliphatic heterocycles. The Kier molecular flexibility index (Phi) is 5.58. The summed E-state index contributed by atoms with van der Waals surface area (Å²) in [6.45, 7) is 4.25. The number of hydrogen-bond donors (Lipinski definition) is 1. The second-order valence-electron chi connectivity index (χ2n) is 4.15. The van der Waals surface area contributed by atoms with E-state index in [9.17, 15) is 4.79 Å². The number of rotatable bonds is 5. The Bertz CT molecular complexity index is 424. The van der Waals surface area contributed by atoms with Crippen molar-refractivity contribution >= 4 is 23.4 Å². The minimum Gasteiger partial charge on any atom is -0.325 e. The minimum absolute atomic E-state index is 0.0225. The average molecular weight is 248 g/mol. The molecule has 1 amide bonds. The number of hydrogen-bond acceptors (Lipinski definition) is 3. The van der Waals surface area contributed by atoms with Crippen LogP contribution in [0.2, 0.25) is 0 Å². The number of anilines is 1. The van der Waals surface area contributed by atoms with E-state index in [1.165, 1.54) is 0 Å². The number of nitrogens with one attached hydrogen (secondary N) is 1. The lowest BCUT2D eigenvalue weighted by Crippen LogP contribution is -2.14. The van der Waals surface area contributed by atoms with Gasteiger partial charge in [-0.2, -0.15) is 17.0 Å². The number of benzene rings is 1. The largest absolute Gasteiger partial charge is 0.325 e. The molecular weight excluding hydrogens is 232 g/mol. The molecule has 0 unspecified atom stereocenters. The first kappa shape index (κ1) is 13.6. The summed E-state index contributed by atoms with van der Waals surface area (Å²) in [5.74, 6) is 2.00. The molecule has 0 aliphatic rings. The van der Waals surface area contributed by atoms with Crippen LogP contribution in [0.5, 0.6) is 0 Å². The molecule has 0 saturated heterocycles. The highest BCUT2D eigenvalue weighted by atomic mass is 32.2. The quantitative estimate of drug-likeness (QED) is 0.871. The van der Waals surface area contributed by atoms with Gasteiger partial charge in [0, 0.05) is 5.69 Å². The van der Waals surface area contributed by atoms with Crippen molar-refractivity contribution in [3.8, 4) is 6.07 Å². The molecule has 1 aromatic rings. The van der Waals surface area contributed by atoms with Gasteiger partial charge in [-0.25, -0.2) is 0 Å². The lowest BCUT2D eigenvalue weighted by molar-refractivity contribution is -0.113. The fourth-order valence-electron chi connectivity index (χ4n) is 1.25. The van der Waals surface area contributed by atoms with E-state index in [0.717, 1.165) is 5.75 Å². The maximum absolute atomic E-state index is 11.6. The number of nitriles is 1. The molecule has 0 fully saturated rings. The van der Waals surface area contributed by atoms with Gasteiger partial charge < -0.3 is 5.32 Å². The van der Waals surface area contributed by atoms with Crippen LogP contribution in [-0.4, -0.2) is 17.4 Å². The van der Waals surface area contributed by atoms with Crippen LogP contribution in [0.25, 0.3) is 0 Å². The molecule has 1 rings (SSSR count). The van der Waals surface area contributed by atoms with Crippen LogP contribution >= 0.6 is 11.8 Å². The zero-order chi connectivity index (χ0) is 12.7. The van der Waals surface area contributed by atoms with Crippen molar-refractivity contribution in [1.82, 2.24) is 0 Å². The Hall–Kier alpha value is -1.47. The van der Waals surface area contributed by atoms with Crippen molar-refractivity contribution in [3.63, 3.8) is 0 Å². The molecule has 90 valence electrons. The summed E-state index contributed by atoms with van der Waals surface area (Å²) in [5.41, 5.74) is 1.23. The molecule has 0 aromatic heterocycles. The smallest absolute Gasteiger partial charge is 0.234 e. The summed E-state index contributed by atoms with van der Waals surface area (Å²) in [4.78, 5) is 11.6. The van der Waals surface area contributed by atoms with Gasteiger partial charge in [0.15, 0.2) is 0 Å². The fraction of sp³-hybridized carbons (Fsp3) is 0.385. The molecule has 1 aromatic carbocycles. The van der Waals surface area contributed by atoms with Crippen LogP contribution in [-0.2, 0) is 4.79 Å². The molecule has 0 spiro atoms. The van der Waals surface area contributed by atoms with Crippen molar-refractivity contribution in [3.05, 3.63) is 29.8 Å². The second-order valence-corrected chi connectivity index (χ2v) is 5.18. The monoisotopic (exact) mass is 248 g/mol. The van der Waals surface area contributed by atoms with Gasteiger partial charge in [0.1, 0.15) is 0 Å². The van der Waals surface area contributed by atoms with Crippen LogP contribution in [0, 0.1) is 17.2 Å². The van der Waals surface area contributed by atoms with E-state index in [-0.39, 0.29) is 5.91 Å². The summed E-state index contributed by atoms with van der Waals surface area (Å²) < 4.78 is 0. The van der Waals surface area contributed by atoms with E-state index in [4.69, 9.17) is 5.26 Å². The van der Waals surface area contributed by atoms with Gasteiger partial charge in [-0.1, -0.05) is 19.9 Å². The number of thioether (sulfide) groups is 1. The molecule has 0 saturated carbocycles. The van der Waals surface area contributed by atoms with Gasteiger partial charge in [-0.05, 0) is 29.9 Å². The van der Waals surface area contributed by atoms with Gasteiger partial charge in [0.05, 0.1) is 17.4 Å². The molecule has 4 heteroatoms. The zero-order valence-corrected chi connectivity index (χ0v) is 10.9. The lowest BCUT2D eigenvalue weighted by Gasteiger charge is -2.06. The van der Waals surface area contributed by atoms with Crippen molar-refractivity contribution in [1.29, 1.82) is 5.26 Å². The maximum atomic E-state index is 11.6. The highest BCUT2D eigenvalue weighted by Gasteiger charge is 2.04.